The molecule has 11 heteroatoms. The molecule has 2 heterocycles. The molecule has 8 N–H and O–H groups in total. The van der Waals surface area contributed by atoms with Gasteiger partial charge in [-0.3, -0.25) is 14.4 Å². The maximum Gasteiger partial charge on any atom is 0.245 e. The molecule has 50 heavy (non-hydrogen) atoms. The van der Waals surface area contributed by atoms with Crippen LogP contribution in [0.1, 0.15) is 61.3 Å². The van der Waals surface area contributed by atoms with Gasteiger partial charge in [0.1, 0.15) is 12.1 Å². The Kier molecular flexibility index (Phi) is 13.5. The summed E-state index contributed by atoms with van der Waals surface area (Å²) in [5.41, 5.74) is 16.8. The molecular weight excluding hydrogens is 647 g/mol. The van der Waals surface area contributed by atoms with Crippen molar-refractivity contribution in [3.05, 3.63) is 95.2 Å². The SMILES string of the molecule is CCN1C(=O)[C@H](CCCCN)NC(=O)[C@H](CCCN)NCc2ccccc2Sc2c(C)cccc2CNC(=O)[C@@H]1Cc1c[nH]c2ccccc12. The van der Waals surface area contributed by atoms with Crippen LogP contribution in [0.4, 0.5) is 0 Å². The minimum atomic E-state index is -0.823. The van der Waals surface area contributed by atoms with Crippen LogP contribution >= 0.6 is 11.8 Å². The summed E-state index contributed by atoms with van der Waals surface area (Å²) in [4.78, 5) is 50.1. The van der Waals surface area contributed by atoms with E-state index in [0.29, 0.717) is 64.7 Å². The van der Waals surface area contributed by atoms with Gasteiger partial charge in [0.05, 0.1) is 6.04 Å². The highest BCUT2D eigenvalue weighted by Crippen LogP contribution is 2.35. The molecule has 1 aliphatic rings. The largest absolute Gasteiger partial charge is 0.361 e. The van der Waals surface area contributed by atoms with Crippen LogP contribution < -0.4 is 27.4 Å². The minimum Gasteiger partial charge on any atom is -0.361 e. The molecule has 266 valence electrons. The summed E-state index contributed by atoms with van der Waals surface area (Å²) >= 11 is 1.66. The van der Waals surface area contributed by atoms with Crippen molar-refractivity contribution in [2.45, 2.75) is 93.4 Å². The molecule has 0 radical (unpaired) electrons. The van der Waals surface area contributed by atoms with Crippen LogP contribution in [0.15, 0.2) is 82.7 Å². The Morgan fingerprint density at radius 3 is 2.36 bits per heavy atom. The van der Waals surface area contributed by atoms with Crippen molar-refractivity contribution in [1.29, 1.82) is 0 Å². The van der Waals surface area contributed by atoms with E-state index in [1.807, 2.05) is 61.7 Å². The van der Waals surface area contributed by atoms with E-state index in [4.69, 9.17) is 11.5 Å². The summed E-state index contributed by atoms with van der Waals surface area (Å²) in [6.45, 7) is 5.94. The number of para-hydroxylation sites is 1. The molecule has 0 spiro atoms. The number of hydrogen-bond acceptors (Lipinski definition) is 7. The number of H-pyrrole nitrogens is 1. The zero-order valence-electron chi connectivity index (χ0n) is 29.2. The zero-order valence-corrected chi connectivity index (χ0v) is 30.0. The first-order valence-electron chi connectivity index (χ1n) is 17.8. The Morgan fingerprint density at radius 2 is 1.56 bits per heavy atom. The number of hydrogen-bond donors (Lipinski definition) is 6. The molecule has 4 aromatic rings. The highest BCUT2D eigenvalue weighted by Gasteiger charge is 2.35. The van der Waals surface area contributed by atoms with Crippen molar-refractivity contribution in [3.8, 4) is 0 Å². The lowest BCUT2D eigenvalue weighted by atomic mass is 10.00. The number of aromatic nitrogens is 1. The first-order chi connectivity index (χ1) is 24.3. The number of unbranched alkanes of at least 4 members (excludes halogenated alkanes) is 1. The molecule has 0 fully saturated rings. The highest BCUT2D eigenvalue weighted by atomic mass is 32.2. The molecule has 1 aromatic heterocycles. The van der Waals surface area contributed by atoms with E-state index in [1.54, 1.807) is 16.7 Å². The van der Waals surface area contributed by atoms with Crippen LogP contribution in [-0.2, 0) is 33.9 Å². The number of carbonyl (C=O) groups is 3. The first kappa shape index (κ1) is 37.1. The molecule has 0 aliphatic carbocycles. The molecule has 0 unspecified atom stereocenters. The molecule has 3 amide bonds. The van der Waals surface area contributed by atoms with Gasteiger partial charge in [-0.05, 0) is 93.4 Å². The lowest BCUT2D eigenvalue weighted by Crippen LogP contribution is -2.58. The lowest BCUT2D eigenvalue weighted by molar-refractivity contribution is -0.143. The fraction of sp³-hybridized carbons (Fsp3) is 0.410. The molecule has 1 aliphatic heterocycles. The van der Waals surface area contributed by atoms with Crippen molar-refractivity contribution >= 4 is 40.4 Å². The number of rotatable bonds is 10. The van der Waals surface area contributed by atoms with Gasteiger partial charge in [-0.1, -0.05) is 66.4 Å². The van der Waals surface area contributed by atoms with E-state index >= 15 is 0 Å². The number of likely N-dealkylation sites (N-methyl/N-ethyl adjacent to an activating group) is 1. The second-order valence-electron chi connectivity index (χ2n) is 12.9. The van der Waals surface area contributed by atoms with Crippen LogP contribution in [0, 0.1) is 6.92 Å². The molecule has 3 atom stereocenters. The van der Waals surface area contributed by atoms with E-state index in [2.05, 4.69) is 46.1 Å². The lowest BCUT2D eigenvalue weighted by Gasteiger charge is -2.34. The summed E-state index contributed by atoms with van der Waals surface area (Å²) in [7, 11) is 0. The third kappa shape index (κ3) is 9.14. The number of nitrogens with zero attached hydrogens (tertiary/aromatic N) is 1. The fourth-order valence-electron chi connectivity index (χ4n) is 6.64. The van der Waals surface area contributed by atoms with Gasteiger partial charge in [0, 0.05) is 52.9 Å². The molecular formula is C39H51N7O3S. The van der Waals surface area contributed by atoms with Crippen molar-refractivity contribution in [1.82, 2.24) is 25.8 Å². The van der Waals surface area contributed by atoms with E-state index < -0.39 is 18.1 Å². The molecule has 0 bridgehead atoms. The van der Waals surface area contributed by atoms with E-state index in [1.165, 1.54) is 0 Å². The predicted octanol–water partition coefficient (Wildman–Crippen LogP) is 4.53. The number of amides is 3. The van der Waals surface area contributed by atoms with Gasteiger partial charge >= 0.3 is 0 Å². The number of benzene rings is 3. The molecule has 0 saturated heterocycles. The summed E-state index contributed by atoms with van der Waals surface area (Å²) in [5, 5.41) is 10.8. The number of nitrogens with one attached hydrogen (secondary N) is 4. The number of aromatic amines is 1. The van der Waals surface area contributed by atoms with Crippen LogP contribution in [-0.4, -0.2) is 65.4 Å². The van der Waals surface area contributed by atoms with Crippen LogP contribution in [0.3, 0.4) is 0 Å². The Morgan fingerprint density at radius 1 is 0.820 bits per heavy atom. The molecule has 0 saturated carbocycles. The third-order valence-corrected chi connectivity index (χ3v) is 10.8. The van der Waals surface area contributed by atoms with E-state index in [9.17, 15) is 14.4 Å². The fourth-order valence-corrected chi connectivity index (χ4v) is 7.78. The molecule has 5 rings (SSSR count). The maximum atomic E-state index is 14.6. The topological polar surface area (TPSA) is 158 Å². The molecule has 10 nitrogen and oxygen atoms in total. The summed E-state index contributed by atoms with van der Waals surface area (Å²) in [6.07, 6.45) is 5.18. The van der Waals surface area contributed by atoms with Crippen molar-refractivity contribution < 1.29 is 14.4 Å². The number of carbonyl (C=O) groups excluding carboxylic acids is 3. The predicted molar refractivity (Wildman–Crippen MR) is 201 cm³/mol. The second-order valence-corrected chi connectivity index (χ2v) is 14.0. The van der Waals surface area contributed by atoms with Crippen molar-refractivity contribution in [2.24, 2.45) is 11.5 Å². The van der Waals surface area contributed by atoms with Gasteiger partial charge in [-0.2, -0.15) is 0 Å². The van der Waals surface area contributed by atoms with Gasteiger partial charge in [0.15, 0.2) is 0 Å². The third-order valence-electron chi connectivity index (χ3n) is 9.44. The Bertz CT molecular complexity index is 1760. The normalized spacial score (nSPS) is 19.4. The van der Waals surface area contributed by atoms with E-state index in [-0.39, 0.29) is 24.3 Å². The Labute approximate surface area is 299 Å². The van der Waals surface area contributed by atoms with Gasteiger partial charge in [-0.25, -0.2) is 0 Å². The van der Waals surface area contributed by atoms with Crippen molar-refractivity contribution in [3.63, 3.8) is 0 Å². The Hall–Kier alpha value is -4.16. The van der Waals surface area contributed by atoms with Gasteiger partial charge < -0.3 is 37.3 Å². The second kappa shape index (κ2) is 18.2. The summed E-state index contributed by atoms with van der Waals surface area (Å²) in [6, 6.07) is 20.0. The monoisotopic (exact) mass is 697 g/mol. The minimum absolute atomic E-state index is 0.248. The number of aryl methyl sites for hydroxylation is 1. The van der Waals surface area contributed by atoms with Crippen LogP contribution in [0.5, 0.6) is 0 Å². The van der Waals surface area contributed by atoms with E-state index in [0.717, 1.165) is 42.9 Å². The smallest absolute Gasteiger partial charge is 0.245 e. The quantitative estimate of drug-likeness (QED) is 0.133. The number of nitrogens with two attached hydrogens (primary N) is 2. The summed E-state index contributed by atoms with van der Waals surface area (Å²) < 4.78 is 0. The van der Waals surface area contributed by atoms with Gasteiger partial charge in [0.25, 0.3) is 0 Å². The highest BCUT2D eigenvalue weighted by molar-refractivity contribution is 7.99. The zero-order chi connectivity index (χ0) is 35.5. The first-order valence-corrected chi connectivity index (χ1v) is 18.6. The van der Waals surface area contributed by atoms with Gasteiger partial charge in [-0.15, -0.1) is 0 Å². The van der Waals surface area contributed by atoms with Gasteiger partial charge in [0.2, 0.25) is 17.7 Å². The average Bonchev–Trinajstić information content (AvgIpc) is 3.54. The van der Waals surface area contributed by atoms with Crippen LogP contribution in [0.2, 0.25) is 0 Å². The number of fused-ring (bicyclic) bond motifs is 3. The maximum absolute atomic E-state index is 14.6. The summed E-state index contributed by atoms with van der Waals surface area (Å²) in [5.74, 6) is -0.784. The Balaban J connectivity index is 1.58. The van der Waals surface area contributed by atoms with Crippen LogP contribution in [0.25, 0.3) is 10.9 Å². The standard InChI is InChI=1S/C39H51N7O3S/c1-3-46-34(22-29-25-42-31-16-6-5-15-30(29)31)38(48)44-24-28-14-10-12-26(2)36(28)50-35-19-7-4-13-27(35)23-43-32(18-11-21-41)37(47)45-33(39(46)49)17-8-9-20-40/h4-7,10,12-16,19,25,32-34,42-43H,3,8-9,11,17-18,20-24,40-41H2,1-2H3,(H,44,48)(H,45,47)/t32-,33-,34-/m0/s1. The van der Waals surface area contributed by atoms with Crippen molar-refractivity contribution in [2.75, 3.05) is 19.6 Å². The molecule has 3 aromatic carbocycles. The average molecular weight is 698 g/mol.